The average molecular weight is 262 g/mol. The summed E-state index contributed by atoms with van der Waals surface area (Å²) >= 11 is 0. The predicted molar refractivity (Wildman–Crippen MR) is 70.6 cm³/mol. The maximum Gasteiger partial charge on any atom is 0.320 e. The van der Waals surface area contributed by atoms with Crippen molar-refractivity contribution in [1.82, 2.24) is 9.80 Å². The molecule has 0 radical (unpaired) electrons. The Morgan fingerprint density at radius 3 is 2.47 bits per heavy atom. The molecule has 1 aromatic carbocycles. The molecule has 0 atom stereocenters. The number of carboxylic acid groups (broad SMARTS) is 1. The number of carboxylic acids is 1. The normalized spacial score (nSPS) is 14.9. The monoisotopic (exact) mass is 262 g/mol. The summed E-state index contributed by atoms with van der Waals surface area (Å²) in [6, 6.07) is 9.70. The molecule has 0 aromatic heterocycles. The third-order valence-electron chi connectivity index (χ3n) is 3.37. The molecule has 1 aliphatic heterocycles. The fourth-order valence-corrected chi connectivity index (χ4v) is 2.11. The third-order valence-corrected chi connectivity index (χ3v) is 3.37. The van der Waals surface area contributed by atoms with E-state index < -0.39 is 11.9 Å². The van der Waals surface area contributed by atoms with Gasteiger partial charge in [0.25, 0.3) is 0 Å². The number of aliphatic carboxylic acids is 1. The number of rotatable bonds is 4. The van der Waals surface area contributed by atoms with Crippen molar-refractivity contribution in [1.29, 1.82) is 0 Å². The average Bonchev–Trinajstić information content (AvgIpc) is 2.34. The lowest BCUT2D eigenvalue weighted by atomic mass is 10.0. The predicted octanol–water partition coefficient (Wildman–Crippen LogP) is 1.64. The third kappa shape index (κ3) is 3.05. The van der Waals surface area contributed by atoms with Crippen LogP contribution >= 0.6 is 0 Å². The molecule has 1 saturated heterocycles. The summed E-state index contributed by atoms with van der Waals surface area (Å²) in [7, 11) is 0. The van der Waals surface area contributed by atoms with Gasteiger partial charge in [0, 0.05) is 26.2 Å². The number of carbonyl (C=O) groups excluding carboxylic acids is 1. The maximum absolute atomic E-state index is 12.2. The van der Waals surface area contributed by atoms with Gasteiger partial charge in [-0.1, -0.05) is 30.3 Å². The number of urea groups is 1. The minimum atomic E-state index is -0.824. The number of nitrogens with zero attached hydrogens (tertiary/aromatic N) is 2. The molecule has 0 unspecified atom stereocenters. The van der Waals surface area contributed by atoms with Gasteiger partial charge in [-0.3, -0.25) is 4.79 Å². The molecule has 5 nitrogen and oxygen atoms in total. The molecule has 1 heterocycles. The summed E-state index contributed by atoms with van der Waals surface area (Å²) in [6.45, 7) is 3.74. The second-order valence-electron chi connectivity index (χ2n) is 4.72. The topological polar surface area (TPSA) is 60.9 Å². The molecule has 2 amide bonds. The van der Waals surface area contributed by atoms with Crippen molar-refractivity contribution >= 4 is 12.0 Å². The van der Waals surface area contributed by atoms with E-state index in [2.05, 4.69) is 0 Å². The quantitative estimate of drug-likeness (QED) is 0.897. The van der Waals surface area contributed by atoms with Gasteiger partial charge in [-0.05, 0) is 12.5 Å². The SMILES string of the molecule is CCN(Cc1ccccc1)C(=O)N1CC(C(=O)O)C1. The first-order valence-electron chi connectivity index (χ1n) is 6.42. The smallest absolute Gasteiger partial charge is 0.320 e. The van der Waals surface area contributed by atoms with E-state index in [0.717, 1.165) is 5.56 Å². The van der Waals surface area contributed by atoms with Crippen LogP contribution in [0.1, 0.15) is 12.5 Å². The van der Waals surface area contributed by atoms with Crippen LogP contribution in [0, 0.1) is 5.92 Å². The zero-order valence-electron chi connectivity index (χ0n) is 11.0. The summed E-state index contributed by atoms with van der Waals surface area (Å²) in [5.41, 5.74) is 1.08. The number of carbonyl (C=O) groups is 2. The number of amides is 2. The first-order valence-corrected chi connectivity index (χ1v) is 6.42. The van der Waals surface area contributed by atoms with Crippen LogP contribution in [0.25, 0.3) is 0 Å². The van der Waals surface area contributed by atoms with E-state index in [4.69, 9.17) is 5.11 Å². The van der Waals surface area contributed by atoms with Crippen molar-refractivity contribution in [2.75, 3.05) is 19.6 Å². The van der Waals surface area contributed by atoms with Gasteiger partial charge in [0.05, 0.1) is 5.92 Å². The van der Waals surface area contributed by atoms with Crippen LogP contribution in [0.5, 0.6) is 0 Å². The van der Waals surface area contributed by atoms with Crippen LogP contribution in [0.2, 0.25) is 0 Å². The molecule has 1 aliphatic rings. The van der Waals surface area contributed by atoms with E-state index >= 15 is 0 Å². The lowest BCUT2D eigenvalue weighted by Gasteiger charge is -2.39. The highest BCUT2D eigenvalue weighted by molar-refractivity contribution is 5.79. The van der Waals surface area contributed by atoms with Gasteiger partial charge >= 0.3 is 12.0 Å². The molecular formula is C14H18N2O3. The van der Waals surface area contributed by atoms with E-state index in [9.17, 15) is 9.59 Å². The standard InChI is InChI=1S/C14H18N2O3/c1-2-15(8-11-6-4-3-5-7-11)14(19)16-9-12(10-16)13(17)18/h3-7,12H,2,8-10H2,1H3,(H,17,18). The fourth-order valence-electron chi connectivity index (χ4n) is 2.11. The fraction of sp³-hybridized carbons (Fsp3) is 0.429. The molecule has 102 valence electrons. The van der Waals surface area contributed by atoms with E-state index in [1.165, 1.54) is 0 Å². The Morgan fingerprint density at radius 1 is 1.32 bits per heavy atom. The van der Waals surface area contributed by atoms with Gasteiger partial charge in [-0.15, -0.1) is 0 Å². The van der Waals surface area contributed by atoms with Crippen LogP contribution in [0.3, 0.4) is 0 Å². The van der Waals surface area contributed by atoms with Gasteiger partial charge in [0.1, 0.15) is 0 Å². The molecule has 1 N–H and O–H groups in total. The summed E-state index contributed by atoms with van der Waals surface area (Å²) in [5.74, 6) is -1.23. The number of hydrogen-bond acceptors (Lipinski definition) is 2. The Labute approximate surface area is 112 Å². The molecule has 1 aromatic rings. The zero-order chi connectivity index (χ0) is 13.8. The minimum Gasteiger partial charge on any atom is -0.481 e. The maximum atomic E-state index is 12.2. The molecule has 0 aliphatic carbocycles. The number of hydrogen-bond donors (Lipinski definition) is 1. The Hall–Kier alpha value is -2.04. The highest BCUT2D eigenvalue weighted by Crippen LogP contribution is 2.18. The lowest BCUT2D eigenvalue weighted by Crippen LogP contribution is -2.56. The van der Waals surface area contributed by atoms with Gasteiger partial charge in [-0.2, -0.15) is 0 Å². The Bertz CT molecular complexity index is 455. The summed E-state index contributed by atoms with van der Waals surface area (Å²) in [6.07, 6.45) is 0. The van der Waals surface area contributed by atoms with E-state index in [0.29, 0.717) is 26.2 Å². The second-order valence-corrected chi connectivity index (χ2v) is 4.72. The van der Waals surface area contributed by atoms with Crippen LogP contribution < -0.4 is 0 Å². The molecule has 1 fully saturated rings. The molecule has 2 rings (SSSR count). The Morgan fingerprint density at radius 2 is 1.95 bits per heavy atom. The van der Waals surface area contributed by atoms with Gasteiger partial charge < -0.3 is 14.9 Å². The van der Waals surface area contributed by atoms with Crippen molar-refractivity contribution in [3.63, 3.8) is 0 Å². The molecule has 0 bridgehead atoms. The van der Waals surface area contributed by atoms with Crippen molar-refractivity contribution < 1.29 is 14.7 Å². The number of benzene rings is 1. The molecular weight excluding hydrogens is 244 g/mol. The molecule has 19 heavy (non-hydrogen) atoms. The van der Waals surface area contributed by atoms with Crippen LogP contribution in [0.4, 0.5) is 4.79 Å². The molecule has 5 heteroatoms. The first-order chi connectivity index (χ1) is 9.11. The Kier molecular flexibility index (Phi) is 4.04. The molecule has 0 spiro atoms. The van der Waals surface area contributed by atoms with Crippen LogP contribution in [-0.2, 0) is 11.3 Å². The van der Waals surface area contributed by atoms with Gasteiger partial charge in [-0.25, -0.2) is 4.79 Å². The van der Waals surface area contributed by atoms with E-state index in [1.54, 1.807) is 9.80 Å². The largest absolute Gasteiger partial charge is 0.481 e. The van der Waals surface area contributed by atoms with Crippen LogP contribution in [-0.4, -0.2) is 46.5 Å². The zero-order valence-corrected chi connectivity index (χ0v) is 11.0. The van der Waals surface area contributed by atoms with E-state index in [-0.39, 0.29) is 6.03 Å². The van der Waals surface area contributed by atoms with E-state index in [1.807, 2.05) is 37.3 Å². The highest BCUT2D eigenvalue weighted by Gasteiger charge is 2.37. The van der Waals surface area contributed by atoms with Crippen molar-refractivity contribution in [3.05, 3.63) is 35.9 Å². The second kappa shape index (κ2) is 5.73. The first kappa shape index (κ1) is 13.4. The van der Waals surface area contributed by atoms with Crippen LogP contribution in [0.15, 0.2) is 30.3 Å². The number of likely N-dealkylation sites (tertiary alicyclic amines) is 1. The summed E-state index contributed by atoms with van der Waals surface area (Å²) in [4.78, 5) is 26.2. The Balaban J connectivity index is 1.92. The summed E-state index contributed by atoms with van der Waals surface area (Å²) in [5, 5.41) is 8.81. The summed E-state index contributed by atoms with van der Waals surface area (Å²) < 4.78 is 0. The van der Waals surface area contributed by atoms with Crippen molar-refractivity contribution in [3.8, 4) is 0 Å². The highest BCUT2D eigenvalue weighted by atomic mass is 16.4. The van der Waals surface area contributed by atoms with Gasteiger partial charge in [0.15, 0.2) is 0 Å². The van der Waals surface area contributed by atoms with Crippen molar-refractivity contribution in [2.45, 2.75) is 13.5 Å². The minimum absolute atomic E-state index is 0.0798. The molecule has 0 saturated carbocycles. The lowest BCUT2D eigenvalue weighted by molar-refractivity contribution is -0.146. The van der Waals surface area contributed by atoms with Crippen molar-refractivity contribution in [2.24, 2.45) is 5.92 Å². The van der Waals surface area contributed by atoms with Gasteiger partial charge in [0.2, 0.25) is 0 Å².